The van der Waals surface area contributed by atoms with E-state index in [0.717, 1.165) is 18.9 Å². The monoisotopic (exact) mass is 313 g/mol. The Bertz CT molecular complexity index is 484. The van der Waals surface area contributed by atoms with E-state index < -0.39 is 11.6 Å². The zero-order valence-corrected chi connectivity index (χ0v) is 14.1. The van der Waals surface area contributed by atoms with E-state index in [1.165, 1.54) is 12.5 Å². The Balaban J connectivity index is 2.14. The summed E-state index contributed by atoms with van der Waals surface area (Å²) in [5.41, 5.74) is 0.277. The second-order valence-electron chi connectivity index (χ2n) is 7.00. The summed E-state index contributed by atoms with van der Waals surface area (Å²) in [6, 6.07) is 4.26. The molecule has 0 saturated heterocycles. The molecule has 1 fully saturated rings. The molecule has 1 nitrogen and oxygen atoms in total. The van der Waals surface area contributed by atoms with Crippen LogP contribution in [0.1, 0.15) is 40.0 Å². The van der Waals surface area contributed by atoms with Gasteiger partial charge in [-0.1, -0.05) is 20.8 Å². The molecule has 1 aromatic carbocycles. The fourth-order valence-electron chi connectivity index (χ4n) is 3.11. The van der Waals surface area contributed by atoms with Crippen molar-refractivity contribution in [2.24, 2.45) is 11.3 Å². The first kappa shape index (κ1) is 16.8. The Hall–Kier alpha value is -0.610. The fraction of sp³-hybridized carbons (Fsp3) is 0.647. The average Bonchev–Trinajstić information content (AvgIpc) is 2.41. The van der Waals surface area contributed by atoms with Crippen molar-refractivity contribution in [3.05, 3.63) is 29.8 Å². The molecule has 0 heterocycles. The number of benzene rings is 1. The quantitative estimate of drug-likeness (QED) is 0.855. The third-order valence-electron chi connectivity index (χ3n) is 4.56. The van der Waals surface area contributed by atoms with E-state index >= 15 is 0 Å². The zero-order chi connectivity index (χ0) is 15.6. The van der Waals surface area contributed by atoms with Crippen molar-refractivity contribution < 1.29 is 8.78 Å². The highest BCUT2D eigenvalue weighted by Gasteiger charge is 2.36. The van der Waals surface area contributed by atoms with Crippen LogP contribution in [0, 0.1) is 23.0 Å². The fourth-order valence-corrected chi connectivity index (χ4v) is 4.52. The third kappa shape index (κ3) is 4.19. The summed E-state index contributed by atoms with van der Waals surface area (Å²) < 4.78 is 26.9. The van der Waals surface area contributed by atoms with Crippen LogP contribution < -0.4 is 5.32 Å². The molecule has 0 radical (unpaired) electrons. The Morgan fingerprint density at radius 2 is 1.90 bits per heavy atom. The van der Waals surface area contributed by atoms with E-state index in [-0.39, 0.29) is 5.41 Å². The van der Waals surface area contributed by atoms with Crippen molar-refractivity contribution in [1.29, 1.82) is 0 Å². The maximum atomic E-state index is 13.9. The zero-order valence-electron chi connectivity index (χ0n) is 13.2. The van der Waals surface area contributed by atoms with Crippen LogP contribution >= 0.6 is 11.8 Å². The summed E-state index contributed by atoms with van der Waals surface area (Å²) in [4.78, 5) is 0.552. The molecule has 21 heavy (non-hydrogen) atoms. The molecule has 4 heteroatoms. The number of rotatable bonds is 3. The van der Waals surface area contributed by atoms with Gasteiger partial charge >= 0.3 is 0 Å². The summed E-state index contributed by atoms with van der Waals surface area (Å²) in [6.07, 6.45) is 3.38. The van der Waals surface area contributed by atoms with Crippen molar-refractivity contribution >= 4 is 11.8 Å². The minimum atomic E-state index is -0.516. The van der Waals surface area contributed by atoms with Gasteiger partial charge in [0.25, 0.3) is 0 Å². The number of halogens is 2. The maximum Gasteiger partial charge on any atom is 0.139 e. The molecule has 3 unspecified atom stereocenters. The Kier molecular flexibility index (Phi) is 5.31. The molecule has 1 aliphatic carbocycles. The molecule has 1 saturated carbocycles. The predicted molar refractivity (Wildman–Crippen MR) is 85.6 cm³/mol. The van der Waals surface area contributed by atoms with Gasteiger partial charge in [0.2, 0.25) is 0 Å². The third-order valence-corrected chi connectivity index (χ3v) is 5.97. The van der Waals surface area contributed by atoms with Gasteiger partial charge in [-0.05, 0) is 49.8 Å². The smallest absolute Gasteiger partial charge is 0.139 e. The number of thioether (sulfide) groups is 1. The average molecular weight is 313 g/mol. The van der Waals surface area contributed by atoms with Crippen LogP contribution in [0.3, 0.4) is 0 Å². The van der Waals surface area contributed by atoms with Crippen LogP contribution in [-0.4, -0.2) is 18.3 Å². The predicted octanol–water partition coefficient (Wildman–Crippen LogP) is 4.86. The molecule has 0 aromatic heterocycles. The SMILES string of the molecule is CNC1CCC(C(C)(C)C)CC1Sc1ccc(F)cc1F. The Morgan fingerprint density at radius 1 is 1.19 bits per heavy atom. The minimum absolute atomic E-state index is 0.277. The van der Waals surface area contributed by atoms with Crippen molar-refractivity contribution in [2.45, 2.75) is 56.2 Å². The molecule has 0 bridgehead atoms. The van der Waals surface area contributed by atoms with Crippen LogP contribution in [0.25, 0.3) is 0 Å². The van der Waals surface area contributed by atoms with E-state index in [1.807, 2.05) is 7.05 Å². The first-order chi connectivity index (χ1) is 9.81. The van der Waals surface area contributed by atoms with Gasteiger partial charge < -0.3 is 5.32 Å². The van der Waals surface area contributed by atoms with E-state index in [1.54, 1.807) is 17.8 Å². The van der Waals surface area contributed by atoms with E-state index in [9.17, 15) is 8.78 Å². The van der Waals surface area contributed by atoms with Gasteiger partial charge in [-0.25, -0.2) is 8.78 Å². The van der Waals surface area contributed by atoms with Crippen LogP contribution in [-0.2, 0) is 0 Å². The lowest BCUT2D eigenvalue weighted by Crippen LogP contribution is -2.43. The van der Waals surface area contributed by atoms with E-state index in [4.69, 9.17) is 0 Å². The molecule has 1 aromatic rings. The van der Waals surface area contributed by atoms with Gasteiger partial charge in [0.05, 0.1) is 0 Å². The van der Waals surface area contributed by atoms with Crippen LogP contribution in [0.5, 0.6) is 0 Å². The van der Waals surface area contributed by atoms with Crippen LogP contribution in [0.2, 0.25) is 0 Å². The Morgan fingerprint density at radius 3 is 2.48 bits per heavy atom. The van der Waals surface area contributed by atoms with Crippen molar-refractivity contribution in [1.82, 2.24) is 5.32 Å². The van der Waals surface area contributed by atoms with Crippen molar-refractivity contribution in [3.8, 4) is 0 Å². The largest absolute Gasteiger partial charge is 0.316 e. The van der Waals surface area contributed by atoms with Crippen LogP contribution in [0.4, 0.5) is 8.78 Å². The number of nitrogens with one attached hydrogen (secondary N) is 1. The van der Waals surface area contributed by atoms with Gasteiger partial charge in [0, 0.05) is 22.3 Å². The van der Waals surface area contributed by atoms with E-state index in [0.29, 0.717) is 22.1 Å². The van der Waals surface area contributed by atoms with E-state index in [2.05, 4.69) is 26.1 Å². The van der Waals surface area contributed by atoms with Gasteiger partial charge in [0.1, 0.15) is 11.6 Å². The number of hydrogen-bond donors (Lipinski definition) is 1. The van der Waals surface area contributed by atoms with Gasteiger partial charge in [0.15, 0.2) is 0 Å². The molecule has 0 amide bonds. The van der Waals surface area contributed by atoms with Gasteiger partial charge in [-0.15, -0.1) is 11.8 Å². The lowest BCUT2D eigenvalue weighted by molar-refractivity contribution is 0.167. The summed E-state index contributed by atoms with van der Waals surface area (Å²) in [6.45, 7) is 6.83. The lowest BCUT2D eigenvalue weighted by Gasteiger charge is -2.41. The molecular weight excluding hydrogens is 288 g/mol. The minimum Gasteiger partial charge on any atom is -0.316 e. The Labute approximate surface area is 130 Å². The molecular formula is C17H25F2NS. The highest BCUT2D eigenvalue weighted by molar-refractivity contribution is 8.00. The molecule has 118 valence electrons. The lowest BCUT2D eigenvalue weighted by atomic mass is 9.71. The molecule has 2 rings (SSSR count). The second-order valence-corrected chi connectivity index (χ2v) is 8.28. The molecule has 0 aliphatic heterocycles. The summed E-state index contributed by atoms with van der Waals surface area (Å²) >= 11 is 1.55. The van der Waals surface area contributed by atoms with Crippen LogP contribution in [0.15, 0.2) is 23.1 Å². The van der Waals surface area contributed by atoms with Crippen molar-refractivity contribution in [3.63, 3.8) is 0 Å². The van der Waals surface area contributed by atoms with Gasteiger partial charge in [-0.3, -0.25) is 0 Å². The summed E-state index contributed by atoms with van der Waals surface area (Å²) in [5, 5.41) is 3.69. The molecule has 0 spiro atoms. The number of hydrogen-bond acceptors (Lipinski definition) is 2. The summed E-state index contributed by atoms with van der Waals surface area (Å²) in [5.74, 6) is -0.325. The first-order valence-electron chi connectivity index (χ1n) is 7.60. The first-order valence-corrected chi connectivity index (χ1v) is 8.48. The standard InChI is InChI=1S/C17H25F2NS/c1-17(2,3)11-5-7-14(20-4)16(9-11)21-15-8-6-12(18)10-13(15)19/h6,8,10-11,14,16,20H,5,7,9H2,1-4H3. The second kappa shape index (κ2) is 6.66. The normalized spacial score (nSPS) is 26.9. The molecule has 1 aliphatic rings. The highest BCUT2D eigenvalue weighted by Crippen LogP contribution is 2.43. The summed E-state index contributed by atoms with van der Waals surface area (Å²) in [7, 11) is 1.97. The van der Waals surface area contributed by atoms with Gasteiger partial charge in [-0.2, -0.15) is 0 Å². The molecule has 3 atom stereocenters. The molecule has 1 N–H and O–H groups in total. The maximum absolute atomic E-state index is 13.9. The topological polar surface area (TPSA) is 12.0 Å². The van der Waals surface area contributed by atoms with Crippen molar-refractivity contribution in [2.75, 3.05) is 7.05 Å². The highest BCUT2D eigenvalue weighted by atomic mass is 32.2.